The minimum atomic E-state index is -3.89. The molecule has 0 fully saturated rings. The molecule has 7 heteroatoms. The Labute approximate surface area is 155 Å². The number of unbranched alkanes of at least 4 members (excludes halogenated alkanes) is 3. The van der Waals surface area contributed by atoms with Gasteiger partial charge in [-0.3, -0.25) is 9.59 Å². The molecule has 0 amide bonds. The maximum Gasteiger partial charge on any atom is 0.372 e. The number of thiophene rings is 2. The van der Waals surface area contributed by atoms with E-state index in [-0.39, 0.29) is 10.4 Å². The van der Waals surface area contributed by atoms with Gasteiger partial charge in [0.2, 0.25) is 5.78 Å². The Bertz CT molecular complexity index is 772. The molecule has 0 N–H and O–H groups in total. The Morgan fingerprint density at radius 3 is 2.46 bits per heavy atom. The minimum absolute atomic E-state index is 0.110. The molecular weight excluding hydrogens is 418 g/mol. The second kappa shape index (κ2) is 6.77. The van der Waals surface area contributed by atoms with Crippen molar-refractivity contribution in [1.29, 1.82) is 0 Å². The monoisotopic (exact) mass is 432 g/mol. The van der Waals surface area contributed by atoms with Crippen LogP contribution in [0.15, 0.2) is 15.9 Å². The zero-order valence-electron chi connectivity index (χ0n) is 13.0. The molecule has 1 aliphatic rings. The second-order valence-corrected chi connectivity index (χ2v) is 9.29. The topological polar surface area (TPSA) is 34.1 Å². The summed E-state index contributed by atoms with van der Waals surface area (Å²) in [6.45, 7) is 2.16. The normalized spacial score (nSPS) is 16.0. The third-order valence-electron chi connectivity index (χ3n) is 4.06. The minimum Gasteiger partial charge on any atom is -0.287 e. The van der Waals surface area contributed by atoms with Gasteiger partial charge in [-0.1, -0.05) is 26.2 Å². The van der Waals surface area contributed by atoms with Crippen molar-refractivity contribution in [2.75, 3.05) is 0 Å². The van der Waals surface area contributed by atoms with Crippen molar-refractivity contribution in [3.8, 4) is 9.75 Å². The summed E-state index contributed by atoms with van der Waals surface area (Å²) >= 11 is 5.98. The van der Waals surface area contributed by atoms with E-state index >= 15 is 0 Å². The van der Waals surface area contributed by atoms with Gasteiger partial charge in [0.05, 0.1) is 8.66 Å². The number of alkyl halides is 2. The fourth-order valence-corrected chi connectivity index (χ4v) is 5.75. The molecule has 2 aromatic rings. The summed E-state index contributed by atoms with van der Waals surface area (Å²) in [7, 11) is 0. The van der Waals surface area contributed by atoms with E-state index in [4.69, 9.17) is 0 Å². The summed E-state index contributed by atoms with van der Waals surface area (Å²) in [6.07, 6.45) is 5.46. The number of rotatable bonds is 6. The number of ketones is 2. The molecule has 0 unspecified atom stereocenters. The van der Waals surface area contributed by atoms with Crippen molar-refractivity contribution < 1.29 is 18.4 Å². The molecule has 1 aliphatic carbocycles. The summed E-state index contributed by atoms with van der Waals surface area (Å²) in [4.78, 5) is 25.0. The fourth-order valence-electron chi connectivity index (χ4n) is 2.79. The molecule has 128 valence electrons. The lowest BCUT2D eigenvalue weighted by Gasteiger charge is -2.04. The molecule has 2 heterocycles. The average Bonchev–Trinajstić information content (AvgIpc) is 3.16. The Balaban J connectivity index is 1.90. The van der Waals surface area contributed by atoms with Crippen LogP contribution in [-0.2, 0) is 6.42 Å². The number of carbonyl (C=O) groups excluding carboxylic acids is 2. The van der Waals surface area contributed by atoms with Crippen LogP contribution in [-0.4, -0.2) is 17.5 Å². The van der Waals surface area contributed by atoms with Gasteiger partial charge in [-0.2, -0.15) is 8.78 Å². The molecule has 0 saturated heterocycles. The first-order chi connectivity index (χ1) is 11.4. The molecule has 0 aromatic carbocycles. The Hall–Kier alpha value is -0.920. The summed E-state index contributed by atoms with van der Waals surface area (Å²) in [5.74, 6) is -6.62. The van der Waals surface area contributed by atoms with E-state index < -0.39 is 17.5 Å². The fraction of sp³-hybridized carbons (Fsp3) is 0.412. The smallest absolute Gasteiger partial charge is 0.287 e. The molecule has 0 bridgehead atoms. The van der Waals surface area contributed by atoms with Crippen molar-refractivity contribution in [2.24, 2.45) is 0 Å². The van der Waals surface area contributed by atoms with E-state index in [1.54, 1.807) is 0 Å². The molecule has 0 saturated carbocycles. The van der Waals surface area contributed by atoms with Crippen LogP contribution >= 0.6 is 38.6 Å². The number of carbonyl (C=O) groups is 2. The molecule has 2 aromatic heterocycles. The highest BCUT2D eigenvalue weighted by molar-refractivity contribution is 9.11. The highest BCUT2D eigenvalue weighted by Crippen LogP contribution is 2.46. The van der Waals surface area contributed by atoms with Crippen molar-refractivity contribution in [2.45, 2.75) is 45.0 Å². The van der Waals surface area contributed by atoms with E-state index in [0.29, 0.717) is 0 Å². The van der Waals surface area contributed by atoms with Crippen molar-refractivity contribution in [3.05, 3.63) is 31.9 Å². The van der Waals surface area contributed by atoms with Crippen LogP contribution < -0.4 is 0 Å². The highest BCUT2D eigenvalue weighted by Gasteiger charge is 2.56. The SMILES string of the molecule is CCCCCCc1cc(Br)sc1-c1cc2c(s1)C(=O)C(F)(F)C2=O. The first-order valence-corrected chi connectivity index (χ1v) is 10.2. The first kappa shape index (κ1) is 17.9. The van der Waals surface area contributed by atoms with Crippen LogP contribution in [0.25, 0.3) is 9.75 Å². The molecule has 0 aliphatic heterocycles. The third kappa shape index (κ3) is 3.02. The lowest BCUT2D eigenvalue weighted by molar-refractivity contribution is 0.0190. The van der Waals surface area contributed by atoms with Crippen LogP contribution in [0.2, 0.25) is 0 Å². The van der Waals surface area contributed by atoms with Gasteiger partial charge < -0.3 is 0 Å². The molecule has 24 heavy (non-hydrogen) atoms. The van der Waals surface area contributed by atoms with Crippen LogP contribution in [0.5, 0.6) is 0 Å². The predicted molar refractivity (Wildman–Crippen MR) is 96.8 cm³/mol. The zero-order valence-corrected chi connectivity index (χ0v) is 16.2. The molecule has 0 atom stereocenters. The second-order valence-electron chi connectivity index (χ2n) is 5.80. The highest BCUT2D eigenvalue weighted by atomic mass is 79.9. The number of hydrogen-bond donors (Lipinski definition) is 0. The third-order valence-corrected chi connectivity index (χ3v) is 7.05. The van der Waals surface area contributed by atoms with Crippen molar-refractivity contribution >= 4 is 50.2 Å². The van der Waals surface area contributed by atoms with E-state index in [0.717, 1.165) is 56.1 Å². The summed E-state index contributed by atoms with van der Waals surface area (Å²) < 4.78 is 28.0. The number of fused-ring (bicyclic) bond motifs is 1. The molecular formula is C17H15BrF2O2S2. The van der Waals surface area contributed by atoms with Crippen molar-refractivity contribution in [1.82, 2.24) is 0 Å². The van der Waals surface area contributed by atoms with Crippen molar-refractivity contribution in [3.63, 3.8) is 0 Å². The lowest BCUT2D eigenvalue weighted by Crippen LogP contribution is -2.30. The van der Waals surface area contributed by atoms with Gasteiger partial charge in [-0.05, 0) is 46.5 Å². The number of hydrogen-bond acceptors (Lipinski definition) is 4. The van der Waals surface area contributed by atoms with Crippen LogP contribution in [0.3, 0.4) is 0 Å². The molecule has 0 radical (unpaired) electrons. The predicted octanol–water partition coefficient (Wildman–Crippen LogP) is 6.38. The number of aryl methyl sites for hydroxylation is 1. The maximum atomic E-state index is 13.5. The van der Waals surface area contributed by atoms with Gasteiger partial charge >= 0.3 is 5.92 Å². The molecule has 3 rings (SSSR count). The Morgan fingerprint density at radius 1 is 1.04 bits per heavy atom. The van der Waals surface area contributed by atoms with Gasteiger partial charge in [-0.25, -0.2) is 0 Å². The van der Waals surface area contributed by atoms with Gasteiger partial charge in [0.1, 0.15) is 0 Å². The average molecular weight is 433 g/mol. The zero-order chi connectivity index (χ0) is 17.5. The van der Waals surface area contributed by atoms with E-state index in [9.17, 15) is 18.4 Å². The van der Waals surface area contributed by atoms with E-state index in [1.165, 1.54) is 23.8 Å². The van der Waals surface area contributed by atoms with Gasteiger partial charge in [-0.15, -0.1) is 22.7 Å². The lowest BCUT2D eigenvalue weighted by atomic mass is 10.1. The van der Waals surface area contributed by atoms with Gasteiger partial charge in [0, 0.05) is 15.3 Å². The van der Waals surface area contributed by atoms with Crippen LogP contribution in [0.4, 0.5) is 8.78 Å². The summed E-state index contributed by atoms with van der Waals surface area (Å²) in [5, 5.41) is 0. The number of halogens is 3. The summed E-state index contributed by atoms with van der Waals surface area (Å²) in [5.41, 5.74) is 1.00. The first-order valence-electron chi connectivity index (χ1n) is 7.76. The van der Waals surface area contributed by atoms with Crippen LogP contribution in [0.1, 0.15) is 58.2 Å². The molecule has 2 nitrogen and oxygen atoms in total. The largest absolute Gasteiger partial charge is 0.372 e. The van der Waals surface area contributed by atoms with Gasteiger partial charge in [0.15, 0.2) is 0 Å². The number of Topliss-reactive ketones (excluding diaryl/α,β-unsaturated/α-hetero) is 2. The summed E-state index contributed by atoms with van der Waals surface area (Å²) in [6, 6.07) is 3.49. The van der Waals surface area contributed by atoms with E-state index in [1.807, 2.05) is 6.07 Å². The standard InChI is InChI=1S/C17H15BrF2O2S2/c1-2-3-4-5-6-9-7-12(18)24-13(9)11-8-10-14(23-11)16(22)17(19,20)15(10)21/h7-8H,2-6H2,1H3. The van der Waals surface area contributed by atoms with E-state index in [2.05, 4.69) is 22.9 Å². The Kier molecular flexibility index (Phi) is 5.04. The Morgan fingerprint density at radius 2 is 1.79 bits per heavy atom. The maximum absolute atomic E-state index is 13.5. The van der Waals surface area contributed by atoms with Gasteiger partial charge in [0.25, 0.3) is 5.78 Å². The van der Waals surface area contributed by atoms with Crippen LogP contribution in [0, 0.1) is 0 Å². The molecule has 0 spiro atoms. The quantitative estimate of drug-likeness (QED) is 0.392.